The standard InChI is InChI=1S/C10H2Br2N2OS2/c11-5-1-3-7-8(14-15-13-7)4-2-6(12)17-10(4)9(3)16-5/h1-2H. The number of hydrogen-bond donors (Lipinski definition) is 0. The first-order valence-electron chi connectivity index (χ1n) is 4.66. The molecule has 3 nitrogen and oxygen atoms in total. The molecule has 0 atom stereocenters. The van der Waals surface area contributed by atoms with E-state index in [1.54, 1.807) is 22.7 Å². The molecule has 17 heavy (non-hydrogen) atoms. The molecule has 0 fully saturated rings. The maximum absolute atomic E-state index is 4.88. The molecular weight excluding hydrogens is 388 g/mol. The van der Waals surface area contributed by atoms with Crippen LogP contribution in [0.4, 0.5) is 0 Å². The zero-order valence-electron chi connectivity index (χ0n) is 8.03. The summed E-state index contributed by atoms with van der Waals surface area (Å²) in [5.74, 6) is 0. The van der Waals surface area contributed by atoms with E-state index in [-0.39, 0.29) is 0 Å². The molecule has 0 N–H and O–H groups in total. The smallest absolute Gasteiger partial charge is 0.144 e. The molecule has 0 unspecified atom stereocenters. The highest BCUT2D eigenvalue weighted by molar-refractivity contribution is 9.11. The van der Waals surface area contributed by atoms with E-state index >= 15 is 0 Å². The summed E-state index contributed by atoms with van der Waals surface area (Å²) in [6.07, 6.45) is 0. The van der Waals surface area contributed by atoms with E-state index in [2.05, 4.69) is 54.3 Å². The van der Waals surface area contributed by atoms with Gasteiger partial charge in [0.05, 0.1) is 17.0 Å². The van der Waals surface area contributed by atoms with Gasteiger partial charge in [0, 0.05) is 10.8 Å². The molecule has 1 aromatic carbocycles. The first kappa shape index (κ1) is 10.4. The van der Waals surface area contributed by atoms with Crippen molar-refractivity contribution in [2.45, 2.75) is 0 Å². The molecule has 0 aliphatic heterocycles. The number of thiophene rings is 2. The fourth-order valence-electron chi connectivity index (χ4n) is 1.95. The van der Waals surface area contributed by atoms with E-state index in [1.807, 2.05) is 0 Å². The van der Waals surface area contributed by atoms with Gasteiger partial charge in [-0.25, -0.2) is 4.63 Å². The third-order valence-electron chi connectivity index (χ3n) is 2.61. The average Bonchev–Trinajstić information content (AvgIpc) is 2.91. The van der Waals surface area contributed by atoms with E-state index in [1.165, 1.54) is 9.40 Å². The van der Waals surface area contributed by atoms with Crippen molar-refractivity contribution < 1.29 is 4.63 Å². The number of nitrogens with zero attached hydrogens (tertiary/aromatic N) is 2. The van der Waals surface area contributed by atoms with E-state index in [4.69, 9.17) is 4.63 Å². The molecule has 0 bridgehead atoms. The molecule has 4 aromatic rings. The van der Waals surface area contributed by atoms with Crippen molar-refractivity contribution in [1.82, 2.24) is 10.3 Å². The second kappa shape index (κ2) is 3.50. The highest BCUT2D eigenvalue weighted by Crippen LogP contribution is 2.44. The Morgan fingerprint density at radius 1 is 0.882 bits per heavy atom. The number of fused-ring (bicyclic) bond motifs is 6. The van der Waals surface area contributed by atoms with Crippen LogP contribution < -0.4 is 0 Å². The van der Waals surface area contributed by atoms with Crippen molar-refractivity contribution >= 4 is 85.7 Å². The summed E-state index contributed by atoms with van der Waals surface area (Å²) in [5.41, 5.74) is 1.67. The minimum absolute atomic E-state index is 0.833. The summed E-state index contributed by atoms with van der Waals surface area (Å²) in [6, 6.07) is 4.14. The van der Waals surface area contributed by atoms with Crippen LogP contribution in [0.15, 0.2) is 24.3 Å². The first-order chi connectivity index (χ1) is 8.24. The topological polar surface area (TPSA) is 38.9 Å². The van der Waals surface area contributed by atoms with E-state index < -0.39 is 0 Å². The van der Waals surface area contributed by atoms with E-state index in [0.717, 1.165) is 29.4 Å². The van der Waals surface area contributed by atoms with Gasteiger partial charge in [-0.15, -0.1) is 22.7 Å². The lowest BCUT2D eigenvalue weighted by molar-refractivity contribution is 0.316. The minimum atomic E-state index is 0.833. The van der Waals surface area contributed by atoms with Gasteiger partial charge in [0.1, 0.15) is 11.0 Å². The van der Waals surface area contributed by atoms with Gasteiger partial charge in [0.15, 0.2) is 0 Å². The molecule has 3 aromatic heterocycles. The van der Waals surface area contributed by atoms with Gasteiger partial charge in [0.25, 0.3) is 0 Å². The van der Waals surface area contributed by atoms with Gasteiger partial charge in [-0.1, -0.05) is 0 Å². The second-order valence-electron chi connectivity index (χ2n) is 3.55. The Hall–Kier alpha value is -0.500. The number of halogens is 2. The lowest BCUT2D eigenvalue weighted by Gasteiger charge is -1.92. The molecule has 0 saturated carbocycles. The molecule has 7 heteroatoms. The summed E-state index contributed by atoms with van der Waals surface area (Å²) in [4.78, 5) is 0. The van der Waals surface area contributed by atoms with Crippen LogP contribution >= 0.6 is 54.5 Å². The molecule has 4 rings (SSSR count). The predicted octanol–water partition coefficient (Wildman–Crippen LogP) is 5.18. The third kappa shape index (κ3) is 1.36. The van der Waals surface area contributed by atoms with Crippen molar-refractivity contribution in [2.24, 2.45) is 0 Å². The van der Waals surface area contributed by atoms with Crippen LogP contribution in [0, 0.1) is 0 Å². The summed E-state index contributed by atoms with van der Waals surface area (Å²) in [6.45, 7) is 0. The summed E-state index contributed by atoms with van der Waals surface area (Å²) < 4.78 is 9.52. The lowest BCUT2D eigenvalue weighted by atomic mass is 10.2. The van der Waals surface area contributed by atoms with Gasteiger partial charge in [-0.3, -0.25) is 0 Å². The van der Waals surface area contributed by atoms with Crippen molar-refractivity contribution in [3.05, 3.63) is 19.7 Å². The van der Waals surface area contributed by atoms with Crippen LogP contribution in [0.25, 0.3) is 31.2 Å². The largest absolute Gasteiger partial charge is 0.243 e. The van der Waals surface area contributed by atoms with Gasteiger partial charge >= 0.3 is 0 Å². The number of aromatic nitrogens is 2. The van der Waals surface area contributed by atoms with Crippen molar-refractivity contribution in [1.29, 1.82) is 0 Å². The Labute approximate surface area is 120 Å². The second-order valence-corrected chi connectivity index (χ2v) is 8.41. The molecule has 0 radical (unpaired) electrons. The first-order valence-corrected chi connectivity index (χ1v) is 7.88. The van der Waals surface area contributed by atoms with Crippen LogP contribution in [0.2, 0.25) is 0 Å². The van der Waals surface area contributed by atoms with Crippen LogP contribution in [-0.4, -0.2) is 10.3 Å². The number of benzene rings is 1. The minimum Gasteiger partial charge on any atom is -0.243 e. The maximum Gasteiger partial charge on any atom is 0.144 e. The fraction of sp³-hybridized carbons (Fsp3) is 0. The molecule has 0 aliphatic rings. The van der Waals surface area contributed by atoms with Gasteiger partial charge < -0.3 is 0 Å². The van der Waals surface area contributed by atoms with Crippen LogP contribution in [0.5, 0.6) is 0 Å². The van der Waals surface area contributed by atoms with E-state index in [0.29, 0.717) is 0 Å². The molecule has 0 saturated heterocycles. The molecular formula is C10H2Br2N2OS2. The molecule has 0 spiro atoms. The van der Waals surface area contributed by atoms with Crippen molar-refractivity contribution in [3.8, 4) is 0 Å². The third-order valence-corrected chi connectivity index (χ3v) is 6.05. The van der Waals surface area contributed by atoms with Crippen LogP contribution in [-0.2, 0) is 0 Å². The summed E-state index contributed by atoms with van der Waals surface area (Å²) in [7, 11) is 0. The Morgan fingerprint density at radius 3 is 1.82 bits per heavy atom. The monoisotopic (exact) mass is 388 g/mol. The summed E-state index contributed by atoms with van der Waals surface area (Å²) in [5, 5.41) is 10.2. The Kier molecular flexibility index (Phi) is 2.15. The Morgan fingerprint density at radius 2 is 1.35 bits per heavy atom. The lowest BCUT2D eigenvalue weighted by Crippen LogP contribution is -1.72. The molecule has 84 valence electrons. The summed E-state index contributed by atoms with van der Waals surface area (Å²) >= 11 is 10.5. The SMILES string of the molecule is Brc1cc2c3nonc3c3cc(Br)sc3c2s1. The zero-order chi connectivity index (χ0) is 11.6. The van der Waals surface area contributed by atoms with Crippen molar-refractivity contribution in [3.63, 3.8) is 0 Å². The molecule has 0 amide bonds. The van der Waals surface area contributed by atoms with Gasteiger partial charge in [0.2, 0.25) is 0 Å². The highest BCUT2D eigenvalue weighted by Gasteiger charge is 2.17. The fourth-order valence-corrected chi connectivity index (χ4v) is 5.31. The van der Waals surface area contributed by atoms with Crippen LogP contribution in [0.1, 0.15) is 0 Å². The zero-order valence-corrected chi connectivity index (χ0v) is 12.8. The maximum atomic E-state index is 4.88. The Bertz CT molecular complexity index is 806. The van der Waals surface area contributed by atoms with Gasteiger partial charge in [-0.2, -0.15) is 0 Å². The van der Waals surface area contributed by atoms with Crippen molar-refractivity contribution in [2.75, 3.05) is 0 Å². The molecule has 3 heterocycles. The average molecular weight is 390 g/mol. The normalized spacial score (nSPS) is 12.1. The van der Waals surface area contributed by atoms with E-state index in [9.17, 15) is 0 Å². The number of rotatable bonds is 0. The number of hydrogen-bond acceptors (Lipinski definition) is 5. The Balaban J connectivity index is 2.46. The van der Waals surface area contributed by atoms with Crippen LogP contribution in [0.3, 0.4) is 0 Å². The molecule has 0 aliphatic carbocycles. The predicted molar refractivity (Wildman–Crippen MR) is 78.0 cm³/mol. The van der Waals surface area contributed by atoms with Gasteiger partial charge in [-0.05, 0) is 54.3 Å². The highest BCUT2D eigenvalue weighted by atomic mass is 79.9. The quantitative estimate of drug-likeness (QED) is 0.416.